The molecule has 5 heteroatoms. The summed E-state index contributed by atoms with van der Waals surface area (Å²) in [6.45, 7) is 0. The molecule has 1 aromatic heterocycles. The lowest BCUT2D eigenvalue weighted by molar-refractivity contribution is 0.137. The van der Waals surface area contributed by atoms with Gasteiger partial charge in [-0.25, -0.2) is 0 Å². The van der Waals surface area contributed by atoms with E-state index in [4.69, 9.17) is 15.2 Å². The SMILES string of the molecule is COc1cncc(OC2CCCC(N)C2)n1. The van der Waals surface area contributed by atoms with E-state index in [0.29, 0.717) is 11.8 Å². The Morgan fingerprint density at radius 2 is 2.12 bits per heavy atom. The van der Waals surface area contributed by atoms with Crippen molar-refractivity contribution in [3.05, 3.63) is 12.4 Å². The summed E-state index contributed by atoms with van der Waals surface area (Å²) >= 11 is 0. The van der Waals surface area contributed by atoms with Crippen molar-refractivity contribution >= 4 is 0 Å². The van der Waals surface area contributed by atoms with Crippen molar-refractivity contribution in [1.82, 2.24) is 9.97 Å². The molecule has 2 atom stereocenters. The van der Waals surface area contributed by atoms with Crippen LogP contribution in [0.3, 0.4) is 0 Å². The van der Waals surface area contributed by atoms with Crippen molar-refractivity contribution in [2.45, 2.75) is 37.8 Å². The van der Waals surface area contributed by atoms with Gasteiger partial charge in [-0.3, -0.25) is 4.98 Å². The van der Waals surface area contributed by atoms with Gasteiger partial charge in [0.2, 0.25) is 11.8 Å². The molecule has 1 aromatic rings. The maximum atomic E-state index is 5.89. The van der Waals surface area contributed by atoms with E-state index in [1.54, 1.807) is 19.5 Å². The average molecular weight is 223 g/mol. The molecule has 0 spiro atoms. The van der Waals surface area contributed by atoms with Crippen LogP contribution < -0.4 is 15.2 Å². The maximum Gasteiger partial charge on any atom is 0.235 e. The summed E-state index contributed by atoms with van der Waals surface area (Å²) < 4.78 is 10.7. The molecule has 1 fully saturated rings. The molecule has 1 aliphatic rings. The molecule has 2 rings (SSSR count). The van der Waals surface area contributed by atoms with Crippen LogP contribution in [-0.2, 0) is 0 Å². The van der Waals surface area contributed by atoms with Crippen LogP contribution >= 0.6 is 0 Å². The third-order valence-corrected chi connectivity index (χ3v) is 2.75. The van der Waals surface area contributed by atoms with Crippen LogP contribution in [0.4, 0.5) is 0 Å². The highest BCUT2D eigenvalue weighted by atomic mass is 16.5. The summed E-state index contributed by atoms with van der Waals surface area (Å²) in [4.78, 5) is 8.16. The van der Waals surface area contributed by atoms with E-state index in [1.165, 1.54) is 0 Å². The van der Waals surface area contributed by atoms with Gasteiger partial charge >= 0.3 is 0 Å². The number of rotatable bonds is 3. The van der Waals surface area contributed by atoms with Crippen molar-refractivity contribution in [1.29, 1.82) is 0 Å². The van der Waals surface area contributed by atoms with Gasteiger partial charge in [0.05, 0.1) is 19.5 Å². The minimum Gasteiger partial charge on any atom is -0.480 e. The molecule has 16 heavy (non-hydrogen) atoms. The first-order valence-electron chi connectivity index (χ1n) is 5.56. The van der Waals surface area contributed by atoms with Gasteiger partial charge in [0, 0.05) is 6.04 Å². The van der Waals surface area contributed by atoms with Crippen LogP contribution in [0.1, 0.15) is 25.7 Å². The number of ether oxygens (including phenoxy) is 2. The molecule has 0 saturated heterocycles. The number of nitrogens with zero attached hydrogens (tertiary/aromatic N) is 2. The average Bonchev–Trinajstić information content (AvgIpc) is 2.29. The lowest BCUT2D eigenvalue weighted by Gasteiger charge is -2.26. The largest absolute Gasteiger partial charge is 0.480 e. The fraction of sp³-hybridized carbons (Fsp3) is 0.636. The molecular weight excluding hydrogens is 206 g/mol. The highest BCUT2D eigenvalue weighted by Crippen LogP contribution is 2.22. The molecule has 0 amide bonds. The fourth-order valence-electron chi connectivity index (χ4n) is 1.95. The van der Waals surface area contributed by atoms with Gasteiger partial charge in [-0.1, -0.05) is 0 Å². The van der Waals surface area contributed by atoms with Gasteiger partial charge in [-0.2, -0.15) is 4.98 Å². The Balaban J connectivity index is 1.97. The quantitative estimate of drug-likeness (QED) is 0.831. The molecule has 2 N–H and O–H groups in total. The normalized spacial score (nSPS) is 25.1. The third kappa shape index (κ3) is 2.82. The van der Waals surface area contributed by atoms with E-state index in [9.17, 15) is 0 Å². The molecule has 0 aromatic carbocycles. The van der Waals surface area contributed by atoms with Crippen molar-refractivity contribution in [3.63, 3.8) is 0 Å². The van der Waals surface area contributed by atoms with Crippen molar-refractivity contribution in [3.8, 4) is 11.8 Å². The Morgan fingerprint density at radius 3 is 2.88 bits per heavy atom. The first kappa shape index (κ1) is 11.1. The number of methoxy groups -OCH3 is 1. The number of aromatic nitrogens is 2. The summed E-state index contributed by atoms with van der Waals surface area (Å²) in [5.74, 6) is 0.982. The molecule has 1 heterocycles. The van der Waals surface area contributed by atoms with Crippen LogP contribution in [0.5, 0.6) is 11.8 Å². The Kier molecular flexibility index (Phi) is 3.56. The third-order valence-electron chi connectivity index (χ3n) is 2.75. The first-order chi connectivity index (χ1) is 7.78. The fourth-order valence-corrected chi connectivity index (χ4v) is 1.95. The molecule has 2 unspecified atom stereocenters. The van der Waals surface area contributed by atoms with Gasteiger partial charge in [-0.05, 0) is 25.7 Å². The monoisotopic (exact) mass is 223 g/mol. The molecule has 0 aliphatic heterocycles. The molecule has 5 nitrogen and oxygen atoms in total. The molecule has 0 radical (unpaired) electrons. The second kappa shape index (κ2) is 5.12. The van der Waals surface area contributed by atoms with Gasteiger partial charge in [-0.15, -0.1) is 0 Å². The van der Waals surface area contributed by atoms with Crippen molar-refractivity contribution in [2.24, 2.45) is 5.73 Å². The Hall–Kier alpha value is -1.36. The van der Waals surface area contributed by atoms with Crippen molar-refractivity contribution < 1.29 is 9.47 Å². The van der Waals surface area contributed by atoms with E-state index in [0.717, 1.165) is 25.7 Å². The Morgan fingerprint density at radius 1 is 1.31 bits per heavy atom. The van der Waals surface area contributed by atoms with E-state index in [1.807, 2.05) is 0 Å². The zero-order chi connectivity index (χ0) is 11.4. The van der Waals surface area contributed by atoms with Gasteiger partial charge < -0.3 is 15.2 Å². The maximum absolute atomic E-state index is 5.89. The van der Waals surface area contributed by atoms with E-state index in [2.05, 4.69) is 9.97 Å². The summed E-state index contributed by atoms with van der Waals surface area (Å²) in [7, 11) is 1.56. The molecular formula is C11H17N3O2. The molecule has 88 valence electrons. The predicted octanol–water partition coefficient (Wildman–Crippen LogP) is 1.13. The van der Waals surface area contributed by atoms with Crippen molar-refractivity contribution in [2.75, 3.05) is 7.11 Å². The van der Waals surface area contributed by atoms with Crippen LogP contribution in [0, 0.1) is 0 Å². The lowest BCUT2D eigenvalue weighted by atomic mass is 9.94. The summed E-state index contributed by atoms with van der Waals surface area (Å²) in [6.07, 6.45) is 7.44. The van der Waals surface area contributed by atoms with Gasteiger partial charge in [0.15, 0.2) is 0 Å². The molecule has 0 bridgehead atoms. The number of hydrogen-bond donors (Lipinski definition) is 1. The number of hydrogen-bond acceptors (Lipinski definition) is 5. The Bertz CT molecular complexity index is 346. The smallest absolute Gasteiger partial charge is 0.235 e. The zero-order valence-corrected chi connectivity index (χ0v) is 9.43. The minimum atomic E-state index is 0.158. The van der Waals surface area contributed by atoms with E-state index >= 15 is 0 Å². The summed E-state index contributed by atoms with van der Waals surface area (Å²) in [5, 5.41) is 0. The number of nitrogens with two attached hydrogens (primary N) is 1. The van der Waals surface area contributed by atoms with E-state index in [-0.39, 0.29) is 12.1 Å². The first-order valence-corrected chi connectivity index (χ1v) is 5.56. The second-order valence-electron chi connectivity index (χ2n) is 4.07. The van der Waals surface area contributed by atoms with Crippen LogP contribution in [0.2, 0.25) is 0 Å². The lowest BCUT2D eigenvalue weighted by Crippen LogP contribution is -2.33. The highest BCUT2D eigenvalue weighted by molar-refractivity contribution is 5.12. The molecule has 1 aliphatic carbocycles. The second-order valence-corrected chi connectivity index (χ2v) is 4.07. The predicted molar refractivity (Wildman–Crippen MR) is 59.4 cm³/mol. The van der Waals surface area contributed by atoms with Crippen LogP contribution in [-0.4, -0.2) is 29.2 Å². The standard InChI is InChI=1S/C11H17N3O2/c1-15-10-6-13-7-11(14-10)16-9-4-2-3-8(12)5-9/h6-9H,2-5,12H2,1H3. The van der Waals surface area contributed by atoms with Gasteiger partial charge in [0.25, 0.3) is 0 Å². The van der Waals surface area contributed by atoms with E-state index < -0.39 is 0 Å². The molecule has 1 saturated carbocycles. The topological polar surface area (TPSA) is 70.3 Å². The Labute approximate surface area is 95.0 Å². The zero-order valence-electron chi connectivity index (χ0n) is 9.43. The summed E-state index contributed by atoms with van der Waals surface area (Å²) in [5.41, 5.74) is 5.89. The van der Waals surface area contributed by atoms with Crippen LogP contribution in [0.15, 0.2) is 12.4 Å². The summed E-state index contributed by atoms with van der Waals surface area (Å²) in [6, 6.07) is 0.248. The van der Waals surface area contributed by atoms with Crippen LogP contribution in [0.25, 0.3) is 0 Å². The van der Waals surface area contributed by atoms with Gasteiger partial charge in [0.1, 0.15) is 6.10 Å². The highest BCUT2D eigenvalue weighted by Gasteiger charge is 2.21. The minimum absolute atomic E-state index is 0.158.